The molecule has 16 atom stereocenters. The number of methoxy groups -OCH3 is 1. The Hall–Kier alpha value is -2.24. The van der Waals surface area contributed by atoms with E-state index in [1.807, 2.05) is 72.1 Å². The monoisotopic (exact) mass is 775 g/mol. The van der Waals surface area contributed by atoms with E-state index in [1.165, 1.54) is 0 Å². The second kappa shape index (κ2) is 16.9. The Morgan fingerprint density at radius 1 is 0.964 bits per heavy atom. The summed E-state index contributed by atoms with van der Waals surface area (Å²) in [6.45, 7) is 12.1. The lowest BCUT2D eigenvalue weighted by Crippen LogP contribution is -2.68. The largest absolute Gasteiger partial charge is 0.387 e. The van der Waals surface area contributed by atoms with Crippen molar-refractivity contribution in [1.82, 2.24) is 14.7 Å². The van der Waals surface area contributed by atoms with Crippen molar-refractivity contribution in [2.75, 3.05) is 41.3 Å². The average Bonchev–Trinajstić information content (AvgIpc) is 3.57. The second-order valence-corrected chi connectivity index (χ2v) is 17.4. The van der Waals surface area contributed by atoms with Crippen LogP contribution in [-0.4, -0.2) is 157 Å². The Morgan fingerprint density at radius 2 is 1.67 bits per heavy atom. The summed E-state index contributed by atoms with van der Waals surface area (Å²) in [6.07, 6.45) is -4.82. The van der Waals surface area contributed by atoms with Gasteiger partial charge < -0.3 is 58.1 Å². The number of carbonyl (C=O) groups is 2. The number of likely N-dealkylation sites (N-methyl/N-ethyl adjacent to an activating group) is 2. The van der Waals surface area contributed by atoms with Crippen LogP contribution in [0.2, 0.25) is 0 Å². The van der Waals surface area contributed by atoms with Gasteiger partial charge in [-0.05, 0) is 52.8 Å². The molecule has 5 fully saturated rings. The Bertz CT molecular complexity index is 1470. The van der Waals surface area contributed by atoms with Crippen molar-refractivity contribution in [3.05, 3.63) is 35.9 Å². The number of ether oxygens (including phenoxy) is 7. The number of nitrogens with zero attached hydrogens (tertiary/aromatic N) is 3. The lowest BCUT2D eigenvalue weighted by molar-refractivity contribution is -0.426. The lowest BCUT2D eigenvalue weighted by Gasteiger charge is -2.55. The van der Waals surface area contributed by atoms with E-state index >= 15 is 0 Å². The molecule has 55 heavy (non-hydrogen) atoms. The van der Waals surface area contributed by atoms with Gasteiger partial charge in [0.05, 0.1) is 42.5 Å². The van der Waals surface area contributed by atoms with Gasteiger partial charge in [0, 0.05) is 58.5 Å². The number of hydrogen-bond donors (Lipinski definition) is 2. The van der Waals surface area contributed by atoms with Crippen molar-refractivity contribution in [3.8, 4) is 0 Å². The molecule has 310 valence electrons. The van der Waals surface area contributed by atoms with E-state index in [4.69, 9.17) is 33.2 Å². The van der Waals surface area contributed by atoms with Gasteiger partial charge in [0.2, 0.25) is 11.8 Å². The second-order valence-electron chi connectivity index (χ2n) is 17.4. The molecule has 0 radical (unpaired) electrons. The van der Waals surface area contributed by atoms with E-state index in [-0.39, 0.29) is 55.4 Å². The molecule has 5 aliphatic heterocycles. The number of amides is 2. The minimum atomic E-state index is -1.83. The first-order chi connectivity index (χ1) is 25.9. The van der Waals surface area contributed by atoms with E-state index in [2.05, 4.69) is 4.90 Å². The zero-order valence-corrected chi connectivity index (χ0v) is 34.3. The van der Waals surface area contributed by atoms with E-state index in [0.29, 0.717) is 26.0 Å². The van der Waals surface area contributed by atoms with Crippen molar-refractivity contribution >= 4 is 11.8 Å². The molecule has 1 aromatic rings. The highest BCUT2D eigenvalue weighted by atomic mass is 16.8. The molecule has 0 saturated carbocycles. The molecule has 6 rings (SSSR count). The number of carbonyl (C=O) groups excluding carboxylic acids is 2. The van der Waals surface area contributed by atoms with E-state index < -0.39 is 72.4 Å². The minimum Gasteiger partial charge on any atom is -0.387 e. The van der Waals surface area contributed by atoms with Gasteiger partial charge in [0.25, 0.3) is 0 Å². The molecule has 5 heterocycles. The van der Waals surface area contributed by atoms with Crippen LogP contribution in [0.4, 0.5) is 0 Å². The molecular formula is C41H65N3O11. The van der Waals surface area contributed by atoms with Gasteiger partial charge in [-0.1, -0.05) is 51.1 Å². The van der Waals surface area contributed by atoms with Crippen molar-refractivity contribution < 1.29 is 53.0 Å². The van der Waals surface area contributed by atoms with Gasteiger partial charge in [-0.15, -0.1) is 0 Å². The first-order valence-corrected chi connectivity index (χ1v) is 20.1. The summed E-state index contributed by atoms with van der Waals surface area (Å²) >= 11 is 0. The quantitative estimate of drug-likeness (QED) is 0.420. The Labute approximate surface area is 326 Å². The van der Waals surface area contributed by atoms with Gasteiger partial charge in [-0.25, -0.2) is 0 Å². The summed E-state index contributed by atoms with van der Waals surface area (Å²) in [5, 5.41) is 23.8. The highest BCUT2D eigenvalue weighted by molar-refractivity contribution is 5.89. The molecule has 1 aromatic carbocycles. The van der Waals surface area contributed by atoms with Gasteiger partial charge >= 0.3 is 0 Å². The van der Waals surface area contributed by atoms with Crippen LogP contribution in [0, 0.1) is 17.8 Å². The average molecular weight is 776 g/mol. The van der Waals surface area contributed by atoms with Crippen LogP contribution < -0.4 is 0 Å². The maximum absolute atomic E-state index is 14.9. The molecule has 0 bridgehead atoms. The molecule has 14 nitrogen and oxygen atoms in total. The fourth-order valence-corrected chi connectivity index (χ4v) is 9.62. The predicted molar refractivity (Wildman–Crippen MR) is 201 cm³/mol. The minimum absolute atomic E-state index is 0.0924. The molecular weight excluding hydrogens is 710 g/mol. The zero-order valence-electron chi connectivity index (χ0n) is 34.3. The third-order valence-corrected chi connectivity index (χ3v) is 12.7. The summed E-state index contributed by atoms with van der Waals surface area (Å²) in [6, 6.07) is 8.99. The first-order valence-electron chi connectivity index (χ1n) is 20.1. The summed E-state index contributed by atoms with van der Waals surface area (Å²) in [4.78, 5) is 34.6. The Kier molecular flexibility index (Phi) is 13.0. The maximum atomic E-state index is 14.9. The zero-order chi connectivity index (χ0) is 40.0. The third-order valence-electron chi connectivity index (χ3n) is 12.7. The first kappa shape index (κ1) is 42.4. The Morgan fingerprint density at radius 3 is 2.35 bits per heavy atom. The predicted octanol–water partition coefficient (Wildman–Crippen LogP) is 2.77. The van der Waals surface area contributed by atoms with Crippen LogP contribution in [-0.2, 0) is 49.4 Å². The molecule has 0 aliphatic carbocycles. The fraction of sp³-hybridized carbons (Fsp3) is 0.805. The number of rotatable bonds is 7. The lowest BCUT2D eigenvalue weighted by atomic mass is 9.80. The number of aliphatic hydroxyl groups excluding tert-OH is 1. The summed E-state index contributed by atoms with van der Waals surface area (Å²) < 4.78 is 45.2. The van der Waals surface area contributed by atoms with Crippen molar-refractivity contribution in [2.45, 2.75) is 153 Å². The normalized spacial score (nSPS) is 44.6. The number of fused-ring (bicyclic) bond motifs is 3. The molecule has 0 spiro atoms. The SMILES string of the molecule is CO[C@]1(C)C[C@H](OC2C(C)C(=O)N3C[C@@H](OCc4ccccc4)CC3C(=O)N(C)C[C@H](C)C[C@]3(O)O[C@@H]4C(N(C)C)C[C@@H](C)O[C@H]4O[C@@H]3[C@H]2C)O[C@@H](C)[C@@H]1O. The van der Waals surface area contributed by atoms with Crippen LogP contribution in [0.25, 0.3) is 0 Å². The number of benzene rings is 1. The van der Waals surface area contributed by atoms with E-state index in [1.54, 1.807) is 37.8 Å². The van der Waals surface area contributed by atoms with Crippen LogP contribution >= 0.6 is 0 Å². The van der Waals surface area contributed by atoms with Crippen molar-refractivity contribution in [1.29, 1.82) is 0 Å². The van der Waals surface area contributed by atoms with Crippen LogP contribution in [0.5, 0.6) is 0 Å². The van der Waals surface area contributed by atoms with Crippen molar-refractivity contribution in [2.24, 2.45) is 17.8 Å². The molecule has 0 aromatic heterocycles. The number of aliphatic hydroxyl groups is 2. The smallest absolute Gasteiger partial charge is 0.245 e. The summed E-state index contributed by atoms with van der Waals surface area (Å²) in [5.41, 5.74) is 0.0234. The highest BCUT2D eigenvalue weighted by Gasteiger charge is 2.59. The van der Waals surface area contributed by atoms with Crippen LogP contribution in [0.3, 0.4) is 0 Å². The van der Waals surface area contributed by atoms with Gasteiger partial charge in [-0.3, -0.25) is 9.59 Å². The molecule has 5 aliphatic rings. The molecule has 4 unspecified atom stereocenters. The van der Waals surface area contributed by atoms with Crippen LogP contribution in [0.15, 0.2) is 30.3 Å². The maximum Gasteiger partial charge on any atom is 0.245 e. The Balaban J connectivity index is 1.37. The number of hydrogen-bond acceptors (Lipinski definition) is 12. The molecule has 5 saturated heterocycles. The summed E-state index contributed by atoms with van der Waals surface area (Å²) in [5.74, 6) is -4.03. The molecule has 2 amide bonds. The standard InChI is InChI=1S/C41H65N3O11/c1-23-18-41(48)36(54-39-34(55-41)30(42(7)8)16-24(2)51-39)25(3)33(53-32-19-40(6,49-10)35(45)27(5)52-32)26(4)37(46)44-21-29(17-31(44)38(47)43(9)20-23)50-22-28-14-12-11-13-15-28/h11-15,23-27,29-36,39,45,48H,16-22H2,1-10H3/t23-,24-,25+,26?,27+,29+,30?,31?,32+,33?,34-,35+,36-,39+,40-,41+/m1/s1. The van der Waals surface area contributed by atoms with E-state index in [0.717, 1.165) is 5.56 Å². The van der Waals surface area contributed by atoms with Crippen LogP contribution in [0.1, 0.15) is 72.8 Å². The van der Waals surface area contributed by atoms with Gasteiger partial charge in [-0.2, -0.15) is 0 Å². The third kappa shape index (κ3) is 8.79. The van der Waals surface area contributed by atoms with E-state index in [9.17, 15) is 19.8 Å². The highest BCUT2D eigenvalue weighted by Crippen LogP contribution is 2.45. The van der Waals surface area contributed by atoms with Gasteiger partial charge in [0.1, 0.15) is 24.4 Å². The van der Waals surface area contributed by atoms with Gasteiger partial charge in [0.15, 0.2) is 18.4 Å². The molecule has 2 N–H and O–H groups in total. The molecule has 14 heteroatoms. The topological polar surface area (TPSA) is 149 Å². The van der Waals surface area contributed by atoms with Crippen molar-refractivity contribution in [3.63, 3.8) is 0 Å². The summed E-state index contributed by atoms with van der Waals surface area (Å²) in [7, 11) is 7.24. The fourth-order valence-electron chi connectivity index (χ4n) is 9.62.